The highest BCUT2D eigenvalue weighted by atomic mass is 16.5. The number of hydrogen-bond donors (Lipinski definition) is 1. The van der Waals surface area contributed by atoms with Crippen molar-refractivity contribution in [2.75, 3.05) is 13.7 Å². The third-order valence-electron chi connectivity index (χ3n) is 2.22. The molecule has 0 radical (unpaired) electrons. The number of methoxy groups -OCH3 is 1. The maximum Gasteiger partial charge on any atom is 0.160 e. The third kappa shape index (κ3) is 4.12. The molecule has 17 heavy (non-hydrogen) atoms. The first-order chi connectivity index (χ1) is 8.17. The van der Waals surface area contributed by atoms with Gasteiger partial charge in [0.2, 0.25) is 0 Å². The maximum atomic E-state index is 9.43. The van der Waals surface area contributed by atoms with E-state index in [4.69, 9.17) is 9.47 Å². The van der Waals surface area contributed by atoms with Gasteiger partial charge in [0.1, 0.15) is 5.76 Å². The Hall–Kier alpha value is -2.08. The number of hydrogen-bond acceptors (Lipinski definition) is 3. The summed E-state index contributed by atoms with van der Waals surface area (Å²) in [5.74, 6) is 1.27. The maximum absolute atomic E-state index is 9.43. The Bertz CT molecular complexity index is 464. The van der Waals surface area contributed by atoms with Crippen LogP contribution in [0.1, 0.15) is 12.5 Å². The molecule has 0 spiro atoms. The van der Waals surface area contributed by atoms with Gasteiger partial charge < -0.3 is 14.6 Å². The monoisotopic (exact) mass is 232 g/mol. The van der Waals surface area contributed by atoms with Gasteiger partial charge in [-0.3, -0.25) is 0 Å². The molecule has 0 fully saturated rings. The highest BCUT2D eigenvalue weighted by Crippen LogP contribution is 2.26. The fourth-order valence-electron chi connectivity index (χ4n) is 1.36. The summed E-state index contributed by atoms with van der Waals surface area (Å²) in [4.78, 5) is 0. The fraction of sp³-hybridized carbons (Fsp3) is 0.286. The van der Waals surface area contributed by atoms with E-state index in [1.54, 1.807) is 19.1 Å². The highest BCUT2D eigenvalue weighted by Gasteiger charge is 2.02. The topological polar surface area (TPSA) is 38.7 Å². The van der Waals surface area contributed by atoms with Crippen LogP contribution in [0.4, 0.5) is 0 Å². The number of phenols is 1. The van der Waals surface area contributed by atoms with Gasteiger partial charge >= 0.3 is 0 Å². The Labute approximate surface area is 101 Å². The Morgan fingerprint density at radius 2 is 2.24 bits per heavy atom. The minimum atomic E-state index is 0.142. The van der Waals surface area contributed by atoms with Crippen LogP contribution in [0.5, 0.6) is 11.5 Å². The highest BCUT2D eigenvalue weighted by molar-refractivity contribution is 5.41. The van der Waals surface area contributed by atoms with E-state index >= 15 is 0 Å². The Balaban J connectivity index is 2.58. The molecule has 0 atom stereocenters. The summed E-state index contributed by atoms with van der Waals surface area (Å²) in [6.07, 6.45) is 0.729. The lowest BCUT2D eigenvalue weighted by Crippen LogP contribution is -1.97. The van der Waals surface area contributed by atoms with Crippen molar-refractivity contribution < 1.29 is 14.6 Å². The number of allylic oxidation sites excluding steroid dienone is 1. The van der Waals surface area contributed by atoms with Crippen molar-refractivity contribution in [1.29, 1.82) is 0 Å². The third-order valence-corrected chi connectivity index (χ3v) is 2.22. The van der Waals surface area contributed by atoms with Gasteiger partial charge in [0.05, 0.1) is 13.7 Å². The average molecular weight is 232 g/mol. The van der Waals surface area contributed by atoms with Gasteiger partial charge in [0, 0.05) is 13.3 Å². The Morgan fingerprint density at radius 3 is 2.88 bits per heavy atom. The standard InChI is InChI=1S/C14H16O3/c1-4-5-11(2)17-9-8-12-6-7-13(15)14(10-12)16-3/h6-7,10,15H,1,8-9H2,2-3H3. The number of rotatable bonds is 5. The smallest absolute Gasteiger partial charge is 0.160 e. The van der Waals surface area contributed by atoms with E-state index in [1.807, 2.05) is 6.07 Å². The SMILES string of the molecule is C=C=C=C(C)OCCc1ccc(O)c(OC)c1. The van der Waals surface area contributed by atoms with E-state index in [9.17, 15) is 5.11 Å². The summed E-state index contributed by atoms with van der Waals surface area (Å²) in [7, 11) is 1.52. The zero-order valence-corrected chi connectivity index (χ0v) is 10.1. The minimum Gasteiger partial charge on any atom is -0.504 e. The molecule has 0 amide bonds. The van der Waals surface area contributed by atoms with Gasteiger partial charge in [0.25, 0.3) is 0 Å². The second-order valence-electron chi connectivity index (χ2n) is 3.46. The van der Waals surface area contributed by atoms with Crippen molar-refractivity contribution in [3.8, 4) is 11.5 Å². The van der Waals surface area contributed by atoms with Gasteiger partial charge in [-0.05, 0) is 30.0 Å². The van der Waals surface area contributed by atoms with E-state index in [0.29, 0.717) is 18.1 Å². The summed E-state index contributed by atoms with van der Waals surface area (Å²) in [6.45, 7) is 5.76. The molecular weight excluding hydrogens is 216 g/mol. The molecule has 0 bridgehead atoms. The number of ether oxygens (including phenoxy) is 2. The van der Waals surface area contributed by atoms with Gasteiger partial charge in [-0.25, -0.2) is 0 Å². The van der Waals surface area contributed by atoms with Crippen LogP contribution in [0, 0.1) is 0 Å². The normalized spacial score (nSPS) is 9.06. The summed E-state index contributed by atoms with van der Waals surface area (Å²) < 4.78 is 10.4. The van der Waals surface area contributed by atoms with E-state index in [-0.39, 0.29) is 5.75 Å². The first kappa shape index (κ1) is 13.0. The zero-order valence-electron chi connectivity index (χ0n) is 10.1. The zero-order chi connectivity index (χ0) is 12.7. The minimum absolute atomic E-state index is 0.142. The van der Waals surface area contributed by atoms with Gasteiger partial charge in [-0.1, -0.05) is 11.8 Å². The molecule has 0 aliphatic rings. The summed E-state index contributed by atoms with van der Waals surface area (Å²) >= 11 is 0. The number of aromatic hydroxyl groups is 1. The fourth-order valence-corrected chi connectivity index (χ4v) is 1.36. The average Bonchev–Trinajstić information content (AvgIpc) is 2.31. The van der Waals surface area contributed by atoms with Crippen LogP contribution in [0.15, 0.2) is 42.0 Å². The number of phenolic OH excluding ortho intramolecular Hbond substituents is 1. The molecule has 0 aromatic heterocycles. The van der Waals surface area contributed by atoms with Crippen LogP contribution in [-0.4, -0.2) is 18.8 Å². The largest absolute Gasteiger partial charge is 0.504 e. The van der Waals surface area contributed by atoms with E-state index in [0.717, 1.165) is 12.0 Å². The molecule has 0 heterocycles. The van der Waals surface area contributed by atoms with Crippen LogP contribution in [0.25, 0.3) is 0 Å². The quantitative estimate of drug-likeness (QED) is 0.626. The molecule has 90 valence electrons. The van der Waals surface area contributed by atoms with Gasteiger partial charge in [-0.2, -0.15) is 0 Å². The lowest BCUT2D eigenvalue weighted by molar-refractivity contribution is 0.218. The summed E-state index contributed by atoms with van der Waals surface area (Å²) in [5.41, 5.74) is 6.30. The van der Waals surface area contributed by atoms with Crippen molar-refractivity contribution >= 4 is 0 Å². The molecule has 3 nitrogen and oxygen atoms in total. The van der Waals surface area contributed by atoms with Crippen molar-refractivity contribution in [2.24, 2.45) is 0 Å². The molecule has 0 unspecified atom stereocenters. The van der Waals surface area contributed by atoms with Crippen molar-refractivity contribution in [3.05, 3.63) is 47.6 Å². The van der Waals surface area contributed by atoms with Crippen molar-refractivity contribution in [1.82, 2.24) is 0 Å². The lowest BCUT2D eigenvalue weighted by atomic mass is 10.1. The predicted molar refractivity (Wildman–Crippen MR) is 66.2 cm³/mol. The van der Waals surface area contributed by atoms with Crippen LogP contribution < -0.4 is 4.74 Å². The molecule has 1 N–H and O–H groups in total. The van der Waals surface area contributed by atoms with E-state index < -0.39 is 0 Å². The number of benzene rings is 1. The van der Waals surface area contributed by atoms with Crippen molar-refractivity contribution in [2.45, 2.75) is 13.3 Å². The molecule has 0 aliphatic heterocycles. The van der Waals surface area contributed by atoms with E-state index in [2.05, 4.69) is 18.0 Å². The van der Waals surface area contributed by atoms with Crippen LogP contribution in [-0.2, 0) is 11.2 Å². The molecule has 0 saturated carbocycles. The first-order valence-corrected chi connectivity index (χ1v) is 5.27. The molecular formula is C14H16O3. The van der Waals surface area contributed by atoms with E-state index in [1.165, 1.54) is 7.11 Å². The second-order valence-corrected chi connectivity index (χ2v) is 3.46. The van der Waals surface area contributed by atoms with Crippen LogP contribution in [0.2, 0.25) is 0 Å². The molecule has 0 saturated heterocycles. The Morgan fingerprint density at radius 1 is 1.47 bits per heavy atom. The van der Waals surface area contributed by atoms with Crippen LogP contribution >= 0.6 is 0 Å². The summed E-state index contributed by atoms with van der Waals surface area (Å²) in [6, 6.07) is 5.24. The van der Waals surface area contributed by atoms with Crippen LogP contribution in [0.3, 0.4) is 0 Å². The van der Waals surface area contributed by atoms with Crippen molar-refractivity contribution in [3.63, 3.8) is 0 Å². The first-order valence-electron chi connectivity index (χ1n) is 5.27. The molecule has 1 aromatic rings. The second kappa shape index (κ2) is 6.49. The van der Waals surface area contributed by atoms with Gasteiger partial charge in [0.15, 0.2) is 11.5 Å². The van der Waals surface area contributed by atoms with Gasteiger partial charge in [-0.15, -0.1) is 0 Å². The predicted octanol–water partition coefficient (Wildman–Crippen LogP) is 2.80. The molecule has 1 aromatic carbocycles. The molecule has 3 heteroatoms. The Kier molecular flexibility index (Phi) is 4.96. The summed E-state index contributed by atoms with van der Waals surface area (Å²) in [5, 5.41) is 9.43. The molecule has 0 aliphatic carbocycles. The molecule has 1 rings (SSSR count). The lowest BCUT2D eigenvalue weighted by Gasteiger charge is -2.07.